The van der Waals surface area contributed by atoms with E-state index < -0.39 is 5.60 Å². The van der Waals surface area contributed by atoms with Gasteiger partial charge in [-0.05, 0) is 32.6 Å². The fourth-order valence-corrected chi connectivity index (χ4v) is 2.69. The van der Waals surface area contributed by atoms with E-state index in [-0.39, 0.29) is 0 Å². The average molecular weight is 264 g/mol. The molecule has 106 valence electrons. The fourth-order valence-electron chi connectivity index (χ4n) is 2.69. The van der Waals surface area contributed by atoms with E-state index in [9.17, 15) is 5.11 Å². The second-order valence-electron chi connectivity index (χ2n) is 5.47. The van der Waals surface area contributed by atoms with Crippen LogP contribution in [0, 0.1) is 0 Å². The van der Waals surface area contributed by atoms with Gasteiger partial charge < -0.3 is 15.3 Å². The summed E-state index contributed by atoms with van der Waals surface area (Å²) < 4.78 is 0. The summed E-state index contributed by atoms with van der Waals surface area (Å²) in [7, 11) is 1.89. The monoisotopic (exact) mass is 264 g/mol. The highest BCUT2D eigenvalue weighted by molar-refractivity contribution is 5.58. The van der Waals surface area contributed by atoms with Crippen molar-refractivity contribution in [2.75, 3.05) is 30.4 Å². The van der Waals surface area contributed by atoms with Gasteiger partial charge >= 0.3 is 0 Å². The number of aromatic nitrogens is 2. The number of aliphatic hydroxyl groups is 1. The molecule has 0 amide bonds. The van der Waals surface area contributed by atoms with Crippen LogP contribution < -0.4 is 10.2 Å². The van der Waals surface area contributed by atoms with Gasteiger partial charge in [0.25, 0.3) is 0 Å². The summed E-state index contributed by atoms with van der Waals surface area (Å²) in [4.78, 5) is 11.0. The van der Waals surface area contributed by atoms with Crippen LogP contribution in [0.25, 0.3) is 0 Å². The largest absolute Gasteiger partial charge is 0.390 e. The van der Waals surface area contributed by atoms with E-state index in [0.29, 0.717) is 0 Å². The molecule has 0 saturated carbocycles. The minimum absolute atomic E-state index is 0.542. The van der Waals surface area contributed by atoms with Gasteiger partial charge in [-0.3, -0.25) is 0 Å². The van der Waals surface area contributed by atoms with Gasteiger partial charge in [-0.1, -0.05) is 6.92 Å². The fraction of sp³-hybridized carbons (Fsp3) is 0.714. The number of hydrogen-bond acceptors (Lipinski definition) is 5. The van der Waals surface area contributed by atoms with Crippen LogP contribution in [-0.4, -0.2) is 40.8 Å². The molecule has 0 radical (unpaired) electrons. The van der Waals surface area contributed by atoms with E-state index >= 15 is 0 Å². The van der Waals surface area contributed by atoms with Crippen molar-refractivity contribution in [3.8, 4) is 0 Å². The van der Waals surface area contributed by atoms with Crippen LogP contribution in [0.15, 0.2) is 6.33 Å². The zero-order valence-corrected chi connectivity index (χ0v) is 12.1. The number of anilines is 2. The van der Waals surface area contributed by atoms with Gasteiger partial charge in [-0.25, -0.2) is 9.97 Å². The number of rotatable bonds is 3. The molecule has 0 bridgehead atoms. The number of nitrogens with one attached hydrogen (secondary N) is 1. The lowest BCUT2D eigenvalue weighted by atomic mass is 9.98. The lowest BCUT2D eigenvalue weighted by molar-refractivity contribution is 0.0481. The van der Waals surface area contributed by atoms with Gasteiger partial charge in [-0.2, -0.15) is 0 Å². The minimum Gasteiger partial charge on any atom is -0.390 e. The summed E-state index contributed by atoms with van der Waals surface area (Å²) in [6.45, 7) is 5.84. The second kappa shape index (κ2) is 5.74. The summed E-state index contributed by atoms with van der Waals surface area (Å²) in [5.74, 6) is 1.92. The van der Waals surface area contributed by atoms with Crippen LogP contribution in [0.4, 0.5) is 11.6 Å². The van der Waals surface area contributed by atoms with Crippen LogP contribution in [0.1, 0.15) is 38.7 Å². The van der Waals surface area contributed by atoms with Crippen molar-refractivity contribution in [1.29, 1.82) is 0 Å². The molecule has 0 spiro atoms. The normalized spacial score (nSPS) is 24.1. The molecule has 0 aliphatic carbocycles. The molecule has 2 rings (SSSR count). The first-order valence-electron chi connectivity index (χ1n) is 7.06. The highest BCUT2D eigenvalue weighted by atomic mass is 16.3. The molecule has 1 fully saturated rings. The van der Waals surface area contributed by atoms with Gasteiger partial charge in [-0.15, -0.1) is 0 Å². The molecular formula is C14H24N4O. The predicted octanol–water partition coefficient (Wildman–Crippen LogP) is 1.82. The molecule has 1 atom stereocenters. The van der Waals surface area contributed by atoms with Crippen LogP contribution >= 0.6 is 0 Å². The molecule has 1 aromatic rings. The predicted molar refractivity (Wildman–Crippen MR) is 77.6 cm³/mol. The molecule has 1 unspecified atom stereocenters. The summed E-state index contributed by atoms with van der Waals surface area (Å²) in [5.41, 5.74) is 0.617. The third kappa shape index (κ3) is 3.15. The zero-order valence-electron chi connectivity index (χ0n) is 12.1. The molecule has 2 N–H and O–H groups in total. The Bertz CT molecular complexity index is 433. The zero-order chi connectivity index (χ0) is 13.9. The van der Waals surface area contributed by atoms with Crippen molar-refractivity contribution in [3.05, 3.63) is 11.9 Å². The molecule has 1 saturated heterocycles. The Morgan fingerprint density at radius 2 is 2.16 bits per heavy atom. The maximum absolute atomic E-state index is 10.2. The number of nitrogens with zero attached hydrogens (tertiary/aromatic N) is 3. The van der Waals surface area contributed by atoms with Crippen molar-refractivity contribution in [2.45, 2.75) is 45.1 Å². The molecule has 5 nitrogen and oxygen atoms in total. The van der Waals surface area contributed by atoms with Gasteiger partial charge in [0.2, 0.25) is 0 Å². The second-order valence-corrected chi connectivity index (χ2v) is 5.47. The Hall–Kier alpha value is -1.36. The molecule has 2 heterocycles. The number of hydrogen-bond donors (Lipinski definition) is 2. The van der Waals surface area contributed by atoms with Crippen LogP contribution in [0.5, 0.6) is 0 Å². The summed E-state index contributed by atoms with van der Waals surface area (Å²) in [6.07, 6.45) is 5.15. The summed E-state index contributed by atoms with van der Waals surface area (Å²) in [6, 6.07) is 0. The van der Waals surface area contributed by atoms with Gasteiger partial charge in [0.1, 0.15) is 18.0 Å². The summed E-state index contributed by atoms with van der Waals surface area (Å²) >= 11 is 0. The molecular weight excluding hydrogens is 240 g/mol. The first-order valence-corrected chi connectivity index (χ1v) is 7.06. The van der Waals surface area contributed by atoms with E-state index in [1.807, 2.05) is 14.0 Å². The quantitative estimate of drug-likeness (QED) is 0.872. The Balaban J connectivity index is 2.26. The third-order valence-electron chi connectivity index (χ3n) is 3.88. The minimum atomic E-state index is -0.542. The van der Waals surface area contributed by atoms with Gasteiger partial charge in [0.05, 0.1) is 5.60 Å². The lowest BCUT2D eigenvalue weighted by Gasteiger charge is -2.25. The van der Waals surface area contributed by atoms with Crippen LogP contribution in [0.3, 0.4) is 0 Å². The molecule has 19 heavy (non-hydrogen) atoms. The molecule has 0 aromatic carbocycles. The third-order valence-corrected chi connectivity index (χ3v) is 3.88. The maximum atomic E-state index is 10.2. The van der Waals surface area contributed by atoms with Crippen molar-refractivity contribution >= 4 is 11.6 Å². The maximum Gasteiger partial charge on any atom is 0.137 e. The van der Waals surface area contributed by atoms with Crippen molar-refractivity contribution in [1.82, 2.24) is 9.97 Å². The highest BCUT2D eigenvalue weighted by Gasteiger charge is 2.26. The van der Waals surface area contributed by atoms with Gasteiger partial charge in [0, 0.05) is 25.7 Å². The van der Waals surface area contributed by atoms with Crippen molar-refractivity contribution < 1.29 is 5.11 Å². The van der Waals surface area contributed by atoms with E-state index in [4.69, 9.17) is 0 Å². The average Bonchev–Trinajstić information content (AvgIpc) is 2.58. The van der Waals surface area contributed by atoms with E-state index in [2.05, 4.69) is 27.1 Å². The summed E-state index contributed by atoms with van der Waals surface area (Å²) in [5, 5.41) is 13.3. The Morgan fingerprint density at radius 1 is 1.37 bits per heavy atom. The standard InChI is InChI=1S/C14H24N4O/c1-4-11-12(15-3)16-10-17-13(11)18-8-5-6-14(2,19)7-9-18/h10,19H,4-9H2,1-3H3,(H,15,16,17). The van der Waals surface area contributed by atoms with E-state index in [0.717, 1.165) is 56.0 Å². The smallest absolute Gasteiger partial charge is 0.137 e. The molecule has 1 aliphatic heterocycles. The SMILES string of the molecule is CCc1c(NC)ncnc1N1CCCC(C)(O)CC1. The first kappa shape index (κ1) is 14.1. The Kier molecular flexibility index (Phi) is 4.24. The Morgan fingerprint density at radius 3 is 2.84 bits per heavy atom. The highest BCUT2D eigenvalue weighted by Crippen LogP contribution is 2.28. The molecule has 1 aromatic heterocycles. The lowest BCUT2D eigenvalue weighted by Crippen LogP contribution is -2.29. The molecule has 5 heteroatoms. The van der Waals surface area contributed by atoms with Gasteiger partial charge in [0.15, 0.2) is 0 Å². The molecule has 1 aliphatic rings. The van der Waals surface area contributed by atoms with Crippen LogP contribution in [-0.2, 0) is 6.42 Å². The van der Waals surface area contributed by atoms with Crippen LogP contribution in [0.2, 0.25) is 0 Å². The first-order chi connectivity index (χ1) is 9.07. The van der Waals surface area contributed by atoms with Crippen molar-refractivity contribution in [3.63, 3.8) is 0 Å². The van der Waals surface area contributed by atoms with E-state index in [1.165, 1.54) is 0 Å². The van der Waals surface area contributed by atoms with E-state index in [1.54, 1.807) is 6.33 Å². The Labute approximate surface area is 115 Å². The van der Waals surface area contributed by atoms with Crippen molar-refractivity contribution in [2.24, 2.45) is 0 Å². The topological polar surface area (TPSA) is 61.3 Å².